The molecule has 0 aliphatic carbocycles. The molecule has 1 aliphatic rings. The molecule has 12 nitrogen and oxygen atoms in total. The molecule has 39 heavy (non-hydrogen) atoms. The molecule has 1 aromatic heterocycles. The van der Waals surface area contributed by atoms with Crippen molar-refractivity contribution in [2.45, 2.75) is 36.9 Å². The number of hydrogen-bond donors (Lipinski definition) is 5. The fourth-order valence-electron chi connectivity index (χ4n) is 4.23. The molecule has 3 aromatic rings. The van der Waals surface area contributed by atoms with E-state index in [0.29, 0.717) is 37.5 Å². The zero-order valence-electron chi connectivity index (χ0n) is 21.5. The maximum Gasteiger partial charge on any atom is 0.247 e. The number of ether oxygens (including phenoxy) is 3. The van der Waals surface area contributed by atoms with E-state index in [1.165, 1.54) is 0 Å². The topological polar surface area (TPSA) is 177 Å². The van der Waals surface area contributed by atoms with Gasteiger partial charge in [0, 0.05) is 19.2 Å². The van der Waals surface area contributed by atoms with Gasteiger partial charge >= 0.3 is 0 Å². The highest BCUT2D eigenvalue weighted by molar-refractivity contribution is 5.77. The first-order chi connectivity index (χ1) is 18.9. The third-order valence-electron chi connectivity index (χ3n) is 6.35. The van der Waals surface area contributed by atoms with Crippen molar-refractivity contribution >= 4 is 5.91 Å². The van der Waals surface area contributed by atoms with Crippen LogP contribution in [0.25, 0.3) is 22.6 Å². The van der Waals surface area contributed by atoms with Gasteiger partial charge in [-0.15, -0.1) is 10.2 Å². The molecule has 4 rings (SSSR count). The minimum absolute atomic E-state index is 0.0477. The van der Waals surface area contributed by atoms with E-state index >= 15 is 0 Å². The first kappa shape index (κ1) is 28.8. The van der Waals surface area contributed by atoms with Gasteiger partial charge in [0.25, 0.3) is 0 Å². The van der Waals surface area contributed by atoms with Crippen LogP contribution >= 0.6 is 0 Å². The van der Waals surface area contributed by atoms with Crippen LogP contribution in [-0.2, 0) is 25.4 Å². The van der Waals surface area contributed by atoms with E-state index < -0.39 is 37.1 Å². The third kappa shape index (κ3) is 7.25. The smallest absolute Gasteiger partial charge is 0.247 e. The Balaban J connectivity index is 1.37. The Hall–Kier alpha value is -3.23. The summed E-state index contributed by atoms with van der Waals surface area (Å²) >= 11 is 0. The molecule has 5 atom stereocenters. The van der Waals surface area contributed by atoms with Crippen LogP contribution in [0.3, 0.4) is 0 Å². The molecule has 0 unspecified atom stereocenters. The second-order valence-corrected chi connectivity index (χ2v) is 9.09. The molecule has 1 fully saturated rings. The summed E-state index contributed by atoms with van der Waals surface area (Å²) in [6, 6.07) is 14.6. The van der Waals surface area contributed by atoms with Gasteiger partial charge in [0.15, 0.2) is 0 Å². The van der Waals surface area contributed by atoms with Crippen molar-refractivity contribution in [2.75, 3.05) is 40.1 Å². The van der Waals surface area contributed by atoms with E-state index in [0.717, 1.165) is 11.1 Å². The molecule has 5 N–H and O–H groups in total. The highest BCUT2D eigenvalue weighted by atomic mass is 16.5. The van der Waals surface area contributed by atoms with Gasteiger partial charge in [0.1, 0.15) is 36.9 Å². The summed E-state index contributed by atoms with van der Waals surface area (Å²) in [5.74, 6) is 0.219. The lowest BCUT2D eigenvalue weighted by atomic mass is 9.90. The van der Waals surface area contributed by atoms with Crippen molar-refractivity contribution in [3.63, 3.8) is 0 Å². The van der Waals surface area contributed by atoms with Crippen LogP contribution in [0.15, 0.2) is 52.9 Å². The summed E-state index contributed by atoms with van der Waals surface area (Å²) in [6.45, 7) is 1.20. The van der Waals surface area contributed by atoms with Gasteiger partial charge in [-0.2, -0.15) is 0 Å². The molecule has 0 saturated carbocycles. The number of methoxy groups -OCH3 is 1. The van der Waals surface area contributed by atoms with Crippen molar-refractivity contribution < 1.29 is 43.8 Å². The number of carbonyl (C=O) groups is 1. The fraction of sp³-hybridized carbons (Fsp3) is 0.444. The maximum atomic E-state index is 12.1. The number of rotatable bonds is 12. The summed E-state index contributed by atoms with van der Waals surface area (Å²) in [4.78, 5) is 12.1. The lowest BCUT2D eigenvalue weighted by Crippen LogP contribution is -2.55. The number of nitrogens with one attached hydrogen (secondary N) is 1. The highest BCUT2D eigenvalue weighted by Gasteiger charge is 2.43. The molecular formula is C27H33N3O9. The molecule has 0 spiro atoms. The summed E-state index contributed by atoms with van der Waals surface area (Å²) < 4.78 is 21.5. The first-order valence-electron chi connectivity index (χ1n) is 12.6. The van der Waals surface area contributed by atoms with Crippen LogP contribution in [0.5, 0.6) is 0 Å². The zero-order chi connectivity index (χ0) is 27.8. The van der Waals surface area contributed by atoms with Gasteiger partial charge in [-0.05, 0) is 34.9 Å². The van der Waals surface area contributed by atoms with Gasteiger partial charge < -0.3 is 44.4 Å². The van der Waals surface area contributed by atoms with Crippen molar-refractivity contribution in [1.29, 1.82) is 0 Å². The minimum Gasteiger partial charge on any atom is -0.420 e. The summed E-state index contributed by atoms with van der Waals surface area (Å²) in [5.41, 5.74) is 2.95. The average Bonchev–Trinajstić information content (AvgIpc) is 3.42. The van der Waals surface area contributed by atoms with E-state index in [-0.39, 0.29) is 24.1 Å². The second-order valence-electron chi connectivity index (χ2n) is 9.09. The fourth-order valence-corrected chi connectivity index (χ4v) is 4.23. The lowest BCUT2D eigenvalue weighted by Gasteiger charge is -2.40. The molecule has 2 aromatic carbocycles. The monoisotopic (exact) mass is 543 g/mol. The van der Waals surface area contributed by atoms with Crippen molar-refractivity contribution in [3.8, 4) is 22.6 Å². The van der Waals surface area contributed by atoms with E-state index in [1.54, 1.807) is 19.2 Å². The van der Waals surface area contributed by atoms with Crippen LogP contribution in [0.1, 0.15) is 17.6 Å². The SMILES string of the molecule is COCCOCCNC(=O)Cc1nnc(-c2ccc(-c3cccc([C@H]4O[C@H](CO)[C@@H](O)[C@H](O)[C@@H]4O)c3)cc2)o1. The number of aromatic nitrogens is 2. The zero-order valence-corrected chi connectivity index (χ0v) is 21.5. The summed E-state index contributed by atoms with van der Waals surface area (Å²) in [5, 5.41) is 50.8. The number of hydrogen-bond acceptors (Lipinski definition) is 11. The van der Waals surface area contributed by atoms with Crippen molar-refractivity contribution in [3.05, 3.63) is 60.0 Å². The van der Waals surface area contributed by atoms with Crippen molar-refractivity contribution in [2.24, 2.45) is 0 Å². The minimum atomic E-state index is -1.45. The van der Waals surface area contributed by atoms with Crippen LogP contribution in [0.2, 0.25) is 0 Å². The standard InChI is InChI=1S/C27H33N3O9/c1-36-11-12-37-10-9-28-21(32)14-22-29-30-27(39-22)17-7-5-16(6-8-17)18-3-2-4-19(13-18)26-25(35)24(34)23(33)20(15-31)38-26/h2-8,13,20,23-26,31,33-35H,9-12,14-15H2,1H3,(H,28,32)/t20-,23-,24+,25+,26-/m1/s1. The number of amides is 1. The molecule has 0 bridgehead atoms. The Morgan fingerprint density at radius 3 is 2.46 bits per heavy atom. The maximum absolute atomic E-state index is 12.1. The van der Waals surface area contributed by atoms with Crippen molar-refractivity contribution in [1.82, 2.24) is 15.5 Å². The first-order valence-corrected chi connectivity index (χ1v) is 12.6. The summed E-state index contributed by atoms with van der Waals surface area (Å²) in [7, 11) is 1.59. The Bertz CT molecular complexity index is 1200. The van der Waals surface area contributed by atoms with Gasteiger partial charge in [0.2, 0.25) is 17.7 Å². The normalized spacial score (nSPS) is 23.1. The number of aliphatic hydroxyl groups is 4. The number of nitrogens with zero attached hydrogens (tertiary/aromatic N) is 2. The van der Waals surface area contributed by atoms with E-state index in [2.05, 4.69) is 15.5 Å². The van der Waals surface area contributed by atoms with E-state index in [1.807, 2.05) is 36.4 Å². The van der Waals surface area contributed by atoms with Crippen LogP contribution in [0, 0.1) is 0 Å². The van der Waals surface area contributed by atoms with Gasteiger partial charge in [0.05, 0.1) is 26.4 Å². The molecule has 12 heteroatoms. The Kier molecular flexibility index (Phi) is 10.1. The molecule has 2 heterocycles. The summed E-state index contributed by atoms with van der Waals surface area (Å²) in [6.07, 6.45) is -6.17. The molecule has 0 radical (unpaired) electrons. The van der Waals surface area contributed by atoms with Crippen LogP contribution in [-0.4, -0.2) is 101 Å². The third-order valence-corrected chi connectivity index (χ3v) is 6.35. The Labute approximate surface area is 225 Å². The molecule has 1 aliphatic heterocycles. The van der Waals surface area contributed by atoms with Gasteiger partial charge in [-0.3, -0.25) is 4.79 Å². The quantitative estimate of drug-likeness (QED) is 0.198. The Morgan fingerprint density at radius 2 is 1.72 bits per heavy atom. The molecule has 1 amide bonds. The van der Waals surface area contributed by atoms with Gasteiger partial charge in [-0.25, -0.2) is 0 Å². The molecular weight excluding hydrogens is 510 g/mol. The second kappa shape index (κ2) is 13.7. The van der Waals surface area contributed by atoms with Gasteiger partial charge in [-0.1, -0.05) is 30.3 Å². The van der Waals surface area contributed by atoms with Crippen LogP contribution in [0.4, 0.5) is 0 Å². The predicted molar refractivity (Wildman–Crippen MR) is 137 cm³/mol. The largest absolute Gasteiger partial charge is 0.420 e. The average molecular weight is 544 g/mol. The number of carbonyl (C=O) groups excluding carboxylic acids is 1. The van der Waals surface area contributed by atoms with E-state index in [4.69, 9.17) is 18.6 Å². The highest BCUT2D eigenvalue weighted by Crippen LogP contribution is 2.34. The number of benzene rings is 2. The molecule has 1 saturated heterocycles. The predicted octanol–water partition coefficient (Wildman–Crippen LogP) is 0.240. The van der Waals surface area contributed by atoms with E-state index in [9.17, 15) is 25.2 Å². The molecule has 210 valence electrons. The lowest BCUT2D eigenvalue weighted by molar-refractivity contribution is -0.231. The van der Waals surface area contributed by atoms with Crippen LogP contribution < -0.4 is 5.32 Å². The number of aliphatic hydroxyl groups excluding tert-OH is 4. The Morgan fingerprint density at radius 1 is 0.949 bits per heavy atom.